The van der Waals surface area contributed by atoms with Crippen LogP contribution in [0.1, 0.15) is 0 Å². The van der Waals surface area contributed by atoms with Crippen LogP contribution >= 0.6 is 12.8 Å². The van der Waals surface area contributed by atoms with Gasteiger partial charge in [0, 0.05) is 0 Å². The van der Waals surface area contributed by atoms with E-state index in [4.69, 9.17) is 0 Å². The zero-order chi connectivity index (χ0) is 9.59. The molecule has 2 unspecified atom stereocenters. The Labute approximate surface area is 81.6 Å². The minimum absolute atomic E-state index is 0.0494. The maximum atomic E-state index is 9.29. The SMILES string of the molecule is CN1C2C=C(O)C(O)=CC2C=[N+]1S. The van der Waals surface area contributed by atoms with Gasteiger partial charge in [0.1, 0.15) is 6.04 Å². The van der Waals surface area contributed by atoms with E-state index in [1.165, 1.54) is 0 Å². The largest absolute Gasteiger partial charge is 0.504 e. The third kappa shape index (κ3) is 1.19. The number of aliphatic hydroxyl groups excluding tert-OH is 2. The number of nitrogens with zero attached hydrogens (tertiary/aromatic N) is 2. The van der Waals surface area contributed by atoms with E-state index in [-0.39, 0.29) is 23.5 Å². The summed E-state index contributed by atoms with van der Waals surface area (Å²) in [6.07, 6.45) is 5.10. The predicted molar refractivity (Wildman–Crippen MR) is 51.8 cm³/mol. The summed E-state index contributed by atoms with van der Waals surface area (Å²) in [7, 11) is 1.87. The second-order valence-corrected chi connectivity index (χ2v) is 3.62. The van der Waals surface area contributed by atoms with Crippen molar-refractivity contribution in [1.29, 1.82) is 0 Å². The predicted octanol–water partition coefficient (Wildman–Crippen LogP) is 0.657. The molecule has 0 aromatic rings. The Morgan fingerprint density at radius 3 is 2.69 bits per heavy atom. The first kappa shape index (κ1) is 8.50. The molecule has 5 heteroatoms. The number of hydrazine groups is 1. The molecule has 0 bridgehead atoms. The summed E-state index contributed by atoms with van der Waals surface area (Å²) in [5.74, 6) is -0.0435. The Bertz CT molecular complexity index is 335. The Morgan fingerprint density at radius 2 is 2.00 bits per heavy atom. The van der Waals surface area contributed by atoms with Crippen molar-refractivity contribution in [3.63, 3.8) is 0 Å². The molecule has 0 saturated heterocycles. The highest BCUT2D eigenvalue weighted by molar-refractivity contribution is 7.73. The maximum Gasteiger partial charge on any atom is 0.195 e. The summed E-state index contributed by atoms with van der Waals surface area (Å²) in [6.45, 7) is 0. The van der Waals surface area contributed by atoms with Crippen LogP contribution < -0.4 is 0 Å². The van der Waals surface area contributed by atoms with Crippen molar-refractivity contribution in [3.8, 4) is 0 Å². The minimum Gasteiger partial charge on any atom is -0.504 e. The monoisotopic (exact) mass is 199 g/mol. The number of hydrogen-bond donors (Lipinski definition) is 3. The summed E-state index contributed by atoms with van der Waals surface area (Å²) in [5.41, 5.74) is 0. The van der Waals surface area contributed by atoms with E-state index in [0.717, 1.165) is 0 Å². The highest BCUT2D eigenvalue weighted by Crippen LogP contribution is 2.26. The number of hydrogen-bond acceptors (Lipinski definition) is 4. The van der Waals surface area contributed by atoms with Gasteiger partial charge in [0.05, 0.1) is 13.0 Å². The van der Waals surface area contributed by atoms with Crippen molar-refractivity contribution < 1.29 is 14.3 Å². The van der Waals surface area contributed by atoms with Crippen LogP contribution in [-0.2, 0) is 0 Å². The molecule has 1 aliphatic carbocycles. The lowest BCUT2D eigenvalue weighted by Crippen LogP contribution is -2.33. The van der Waals surface area contributed by atoms with Crippen molar-refractivity contribution in [2.45, 2.75) is 6.04 Å². The van der Waals surface area contributed by atoms with Crippen LogP contribution in [0.25, 0.3) is 0 Å². The number of fused-ring (bicyclic) bond motifs is 1. The van der Waals surface area contributed by atoms with E-state index in [2.05, 4.69) is 12.8 Å². The smallest absolute Gasteiger partial charge is 0.195 e. The van der Waals surface area contributed by atoms with Gasteiger partial charge in [-0.1, -0.05) is 4.09 Å². The van der Waals surface area contributed by atoms with Gasteiger partial charge in [-0.2, -0.15) is 5.01 Å². The fourth-order valence-electron chi connectivity index (χ4n) is 1.61. The average molecular weight is 199 g/mol. The topological polar surface area (TPSA) is 46.7 Å². The van der Waals surface area contributed by atoms with E-state index in [1.54, 1.807) is 16.2 Å². The van der Waals surface area contributed by atoms with Crippen LogP contribution in [0.3, 0.4) is 0 Å². The molecule has 0 amide bonds. The van der Waals surface area contributed by atoms with Gasteiger partial charge < -0.3 is 10.2 Å². The molecule has 2 aliphatic rings. The molecule has 13 heavy (non-hydrogen) atoms. The van der Waals surface area contributed by atoms with Crippen LogP contribution in [0.2, 0.25) is 0 Å². The van der Waals surface area contributed by atoms with Crippen LogP contribution in [0.5, 0.6) is 0 Å². The third-order valence-corrected chi connectivity index (χ3v) is 2.81. The highest BCUT2D eigenvalue weighted by atomic mass is 32.1. The molecule has 70 valence electrons. The van der Waals surface area contributed by atoms with Gasteiger partial charge in [-0.25, -0.2) is 0 Å². The molecule has 0 radical (unpaired) electrons. The van der Waals surface area contributed by atoms with Gasteiger partial charge in [-0.05, 0) is 12.2 Å². The minimum atomic E-state index is -0.0647. The first-order chi connectivity index (χ1) is 6.09. The Kier molecular flexibility index (Phi) is 1.76. The molecular weight excluding hydrogens is 188 g/mol. The zero-order valence-electron chi connectivity index (χ0n) is 7.12. The molecule has 0 saturated carbocycles. The van der Waals surface area contributed by atoms with Crippen molar-refractivity contribution in [3.05, 3.63) is 23.7 Å². The lowest BCUT2D eigenvalue weighted by molar-refractivity contribution is -0.531. The van der Waals surface area contributed by atoms with Crippen LogP contribution in [0.15, 0.2) is 23.7 Å². The van der Waals surface area contributed by atoms with E-state index in [1.807, 2.05) is 18.3 Å². The van der Waals surface area contributed by atoms with E-state index in [0.29, 0.717) is 0 Å². The van der Waals surface area contributed by atoms with Crippen molar-refractivity contribution in [2.24, 2.45) is 5.92 Å². The summed E-state index contributed by atoms with van der Waals surface area (Å²) in [6, 6.07) is 0.0494. The average Bonchev–Trinajstić information content (AvgIpc) is 2.32. The third-order valence-electron chi connectivity index (χ3n) is 2.40. The Hall–Kier alpha value is -1.10. The second-order valence-electron chi connectivity index (χ2n) is 3.21. The normalized spacial score (nSPS) is 32.2. The number of rotatable bonds is 0. The maximum absolute atomic E-state index is 9.29. The summed E-state index contributed by atoms with van der Waals surface area (Å²) >= 11 is 4.18. The molecule has 0 fully saturated rings. The number of thiol groups is 1. The molecule has 2 N–H and O–H groups in total. The summed E-state index contributed by atoms with van der Waals surface area (Å²) < 4.78 is 1.65. The standard InChI is InChI=1S/C8H10N2O2S/c1-9-6-3-8(12)7(11)2-5(6)4-10(9)13/h2-6H,1H3,(H2-,11,12,13)/p+1. The number of likely N-dealkylation sites (N-methyl/N-ethyl adjacent to an activating group) is 1. The molecular formula is C8H11N2O2S+. The number of hydrazone groups is 1. The summed E-state index contributed by atoms with van der Waals surface area (Å²) in [5, 5.41) is 20.4. The van der Waals surface area contributed by atoms with Crippen molar-refractivity contribution >= 4 is 19.0 Å². The molecule has 0 aromatic heterocycles. The van der Waals surface area contributed by atoms with Gasteiger partial charge in [0.15, 0.2) is 30.5 Å². The van der Waals surface area contributed by atoms with E-state index in [9.17, 15) is 10.2 Å². The first-order valence-corrected chi connectivity index (χ1v) is 4.37. The van der Waals surface area contributed by atoms with Crippen LogP contribution in [-0.4, -0.2) is 38.6 Å². The highest BCUT2D eigenvalue weighted by Gasteiger charge is 2.38. The van der Waals surface area contributed by atoms with Gasteiger partial charge >= 0.3 is 0 Å². The Morgan fingerprint density at radius 1 is 1.38 bits per heavy atom. The molecule has 1 aliphatic heterocycles. The molecule has 0 aromatic carbocycles. The van der Waals surface area contributed by atoms with Gasteiger partial charge in [-0.3, -0.25) is 0 Å². The van der Waals surface area contributed by atoms with Gasteiger partial charge in [0.2, 0.25) is 0 Å². The molecule has 0 spiro atoms. The van der Waals surface area contributed by atoms with Gasteiger partial charge in [-0.15, -0.1) is 0 Å². The van der Waals surface area contributed by atoms with E-state index >= 15 is 0 Å². The lowest BCUT2D eigenvalue weighted by atomic mass is 9.95. The Balaban J connectivity index is 2.35. The second kappa shape index (κ2) is 2.70. The van der Waals surface area contributed by atoms with Crippen molar-refractivity contribution in [2.75, 3.05) is 7.05 Å². The zero-order valence-corrected chi connectivity index (χ0v) is 8.02. The number of aliphatic hydroxyl groups is 2. The fraction of sp³-hybridized carbons (Fsp3) is 0.375. The molecule has 2 rings (SSSR count). The van der Waals surface area contributed by atoms with Crippen LogP contribution in [0, 0.1) is 5.92 Å². The first-order valence-electron chi connectivity index (χ1n) is 3.97. The summed E-state index contributed by atoms with van der Waals surface area (Å²) in [4.78, 5) is 0. The molecule has 2 atom stereocenters. The lowest BCUT2D eigenvalue weighted by Gasteiger charge is -2.19. The van der Waals surface area contributed by atoms with Crippen LogP contribution in [0.4, 0.5) is 0 Å². The van der Waals surface area contributed by atoms with E-state index < -0.39 is 0 Å². The molecule has 1 heterocycles. The van der Waals surface area contributed by atoms with Gasteiger partial charge in [0.25, 0.3) is 0 Å². The quantitative estimate of drug-likeness (QED) is 0.397. The van der Waals surface area contributed by atoms with Crippen molar-refractivity contribution in [1.82, 2.24) is 5.01 Å². The molecule has 4 nitrogen and oxygen atoms in total. The fourth-order valence-corrected chi connectivity index (χ4v) is 1.88.